The normalized spacial score (nSPS) is 18.7. The number of anilines is 1. The van der Waals surface area contributed by atoms with Gasteiger partial charge >= 0.3 is 6.03 Å². The fourth-order valence-corrected chi connectivity index (χ4v) is 2.92. The summed E-state index contributed by atoms with van der Waals surface area (Å²) in [6.07, 6.45) is 4.89. The lowest BCUT2D eigenvalue weighted by Crippen LogP contribution is -2.42. The molecule has 2 heterocycles. The van der Waals surface area contributed by atoms with Crippen LogP contribution in [0.3, 0.4) is 0 Å². The van der Waals surface area contributed by atoms with Gasteiger partial charge in [-0.3, -0.25) is 0 Å². The monoisotopic (exact) mass is 344 g/mol. The Kier molecular flexibility index (Phi) is 6.58. The second kappa shape index (κ2) is 8.44. The first kappa shape index (κ1) is 17.2. The number of amides is 2. The smallest absolute Gasteiger partial charge is 0.317 e. The maximum atomic E-state index is 12.1. The van der Waals surface area contributed by atoms with Crippen molar-refractivity contribution in [3.8, 4) is 0 Å². The molecule has 0 aromatic carbocycles. The lowest BCUT2D eigenvalue weighted by Gasteiger charge is -2.21. The molecule has 0 radical (unpaired) electrons. The van der Waals surface area contributed by atoms with Crippen LogP contribution in [0.1, 0.15) is 26.2 Å². The van der Waals surface area contributed by atoms with Crippen LogP contribution in [-0.4, -0.2) is 42.1 Å². The molecule has 1 atom stereocenters. The Labute approximate surface area is 141 Å². The minimum absolute atomic E-state index is 0.00561. The van der Waals surface area contributed by atoms with Gasteiger partial charge in [0.05, 0.1) is 10.0 Å². The maximum Gasteiger partial charge on any atom is 0.317 e. The molecule has 2 rings (SSSR count). The van der Waals surface area contributed by atoms with Crippen LogP contribution in [0.5, 0.6) is 0 Å². The Balaban J connectivity index is 1.70. The number of likely N-dealkylation sites (tertiary alicyclic amines) is 1. The molecule has 1 aromatic heterocycles. The number of rotatable bonds is 4. The molecular weight excluding hydrogens is 323 g/mol. The van der Waals surface area contributed by atoms with Crippen LogP contribution in [-0.2, 0) is 0 Å². The van der Waals surface area contributed by atoms with Crippen molar-refractivity contribution < 1.29 is 4.79 Å². The molecule has 5 nitrogen and oxygen atoms in total. The van der Waals surface area contributed by atoms with Crippen LogP contribution in [0.25, 0.3) is 0 Å². The fourth-order valence-electron chi connectivity index (χ4n) is 2.47. The number of pyridine rings is 1. The van der Waals surface area contributed by atoms with Gasteiger partial charge in [-0.2, -0.15) is 0 Å². The molecule has 22 heavy (non-hydrogen) atoms. The van der Waals surface area contributed by atoms with Crippen LogP contribution >= 0.6 is 23.2 Å². The van der Waals surface area contributed by atoms with E-state index in [-0.39, 0.29) is 6.03 Å². The molecule has 0 bridgehead atoms. The Morgan fingerprint density at radius 2 is 2.18 bits per heavy atom. The van der Waals surface area contributed by atoms with Crippen LogP contribution in [0, 0.1) is 5.92 Å². The standard InChI is InChI=1S/C15H22Cl2N4O/c1-11-3-2-7-21(8-4-11)15(22)19-6-5-18-14-13(17)9-12(16)10-20-14/h9-11H,2-8H2,1H3,(H,18,20)(H,19,22)/t11-/m0/s1. The van der Waals surface area contributed by atoms with Gasteiger partial charge in [0, 0.05) is 32.4 Å². The molecule has 2 amide bonds. The first-order valence-corrected chi connectivity index (χ1v) is 8.39. The van der Waals surface area contributed by atoms with Gasteiger partial charge in [0.2, 0.25) is 0 Å². The van der Waals surface area contributed by atoms with E-state index >= 15 is 0 Å². The minimum atomic E-state index is 0.00561. The summed E-state index contributed by atoms with van der Waals surface area (Å²) in [4.78, 5) is 18.1. The predicted octanol–water partition coefficient (Wildman–Crippen LogP) is 3.63. The fraction of sp³-hybridized carbons (Fsp3) is 0.600. The van der Waals surface area contributed by atoms with Crippen molar-refractivity contribution in [2.24, 2.45) is 5.92 Å². The molecular formula is C15H22Cl2N4O. The van der Waals surface area contributed by atoms with Gasteiger partial charge < -0.3 is 15.5 Å². The maximum absolute atomic E-state index is 12.1. The van der Waals surface area contributed by atoms with Crippen LogP contribution in [0.2, 0.25) is 10.0 Å². The number of carbonyl (C=O) groups is 1. The third kappa shape index (κ3) is 5.21. The van der Waals surface area contributed by atoms with Crippen molar-refractivity contribution in [1.29, 1.82) is 0 Å². The highest BCUT2D eigenvalue weighted by molar-refractivity contribution is 6.35. The Bertz CT molecular complexity index is 512. The highest BCUT2D eigenvalue weighted by Gasteiger charge is 2.17. The van der Waals surface area contributed by atoms with E-state index in [0.29, 0.717) is 34.9 Å². The average Bonchev–Trinajstić information content (AvgIpc) is 2.70. The topological polar surface area (TPSA) is 57.3 Å². The number of hydrogen-bond donors (Lipinski definition) is 2. The number of aromatic nitrogens is 1. The summed E-state index contributed by atoms with van der Waals surface area (Å²) < 4.78 is 0. The Morgan fingerprint density at radius 1 is 1.36 bits per heavy atom. The zero-order valence-corrected chi connectivity index (χ0v) is 14.3. The molecule has 0 spiro atoms. The van der Waals surface area contributed by atoms with Gasteiger partial charge in [-0.05, 0) is 31.2 Å². The molecule has 0 aliphatic carbocycles. The lowest BCUT2D eigenvalue weighted by molar-refractivity contribution is 0.200. The predicted molar refractivity (Wildman–Crippen MR) is 90.7 cm³/mol. The van der Waals surface area contributed by atoms with E-state index < -0.39 is 0 Å². The molecule has 1 fully saturated rings. The van der Waals surface area contributed by atoms with Crippen molar-refractivity contribution in [2.45, 2.75) is 26.2 Å². The zero-order chi connectivity index (χ0) is 15.9. The van der Waals surface area contributed by atoms with E-state index in [1.807, 2.05) is 4.90 Å². The number of nitrogens with one attached hydrogen (secondary N) is 2. The highest BCUT2D eigenvalue weighted by atomic mass is 35.5. The van der Waals surface area contributed by atoms with Crippen LogP contribution in [0.4, 0.5) is 10.6 Å². The van der Waals surface area contributed by atoms with Crippen molar-refractivity contribution in [3.63, 3.8) is 0 Å². The molecule has 2 N–H and O–H groups in total. The van der Waals surface area contributed by atoms with E-state index in [2.05, 4.69) is 22.5 Å². The third-order valence-corrected chi connectivity index (χ3v) is 4.30. The molecule has 0 unspecified atom stereocenters. The summed E-state index contributed by atoms with van der Waals surface area (Å²) in [5, 5.41) is 6.98. The number of carbonyl (C=O) groups excluding carboxylic acids is 1. The van der Waals surface area contributed by atoms with Crippen molar-refractivity contribution in [3.05, 3.63) is 22.3 Å². The number of hydrogen-bond acceptors (Lipinski definition) is 3. The summed E-state index contributed by atoms with van der Waals surface area (Å²) in [5.41, 5.74) is 0. The van der Waals surface area contributed by atoms with E-state index in [4.69, 9.17) is 23.2 Å². The molecule has 1 aliphatic heterocycles. The second-order valence-electron chi connectivity index (χ2n) is 5.67. The summed E-state index contributed by atoms with van der Waals surface area (Å²) in [6, 6.07) is 1.64. The summed E-state index contributed by atoms with van der Waals surface area (Å²) in [6.45, 7) is 5.00. The molecule has 0 saturated carbocycles. The first-order chi connectivity index (χ1) is 10.6. The number of halogens is 2. The van der Waals surface area contributed by atoms with Crippen molar-refractivity contribution >= 4 is 35.1 Å². The molecule has 1 saturated heterocycles. The van der Waals surface area contributed by atoms with E-state index in [9.17, 15) is 4.79 Å². The molecule has 1 aromatic rings. The second-order valence-corrected chi connectivity index (χ2v) is 6.51. The van der Waals surface area contributed by atoms with Gasteiger partial charge in [-0.25, -0.2) is 9.78 Å². The van der Waals surface area contributed by atoms with E-state index in [1.54, 1.807) is 6.07 Å². The van der Waals surface area contributed by atoms with Gasteiger partial charge in [-0.15, -0.1) is 0 Å². The molecule has 7 heteroatoms. The minimum Gasteiger partial charge on any atom is -0.367 e. The van der Waals surface area contributed by atoms with E-state index in [0.717, 1.165) is 25.9 Å². The largest absolute Gasteiger partial charge is 0.367 e. The van der Waals surface area contributed by atoms with Crippen molar-refractivity contribution in [1.82, 2.24) is 15.2 Å². The average molecular weight is 345 g/mol. The van der Waals surface area contributed by atoms with Crippen LogP contribution < -0.4 is 10.6 Å². The van der Waals surface area contributed by atoms with Crippen LogP contribution in [0.15, 0.2) is 12.3 Å². The van der Waals surface area contributed by atoms with Gasteiger partial charge in [-0.1, -0.05) is 30.1 Å². The zero-order valence-electron chi connectivity index (χ0n) is 12.7. The summed E-state index contributed by atoms with van der Waals surface area (Å²) in [5.74, 6) is 1.28. The Hall–Kier alpha value is -1.20. The van der Waals surface area contributed by atoms with E-state index in [1.165, 1.54) is 12.6 Å². The highest BCUT2D eigenvalue weighted by Crippen LogP contribution is 2.22. The first-order valence-electron chi connectivity index (χ1n) is 7.64. The molecule has 122 valence electrons. The van der Waals surface area contributed by atoms with Crippen molar-refractivity contribution in [2.75, 3.05) is 31.5 Å². The van der Waals surface area contributed by atoms with Gasteiger partial charge in [0.25, 0.3) is 0 Å². The lowest BCUT2D eigenvalue weighted by atomic mass is 10.0. The van der Waals surface area contributed by atoms with Gasteiger partial charge in [0.15, 0.2) is 0 Å². The third-order valence-electron chi connectivity index (χ3n) is 3.81. The summed E-state index contributed by atoms with van der Waals surface area (Å²) in [7, 11) is 0. The Morgan fingerprint density at radius 3 is 2.95 bits per heavy atom. The quantitative estimate of drug-likeness (QED) is 0.820. The van der Waals surface area contributed by atoms with Gasteiger partial charge in [0.1, 0.15) is 5.82 Å². The summed E-state index contributed by atoms with van der Waals surface area (Å²) >= 11 is 11.8. The SMILES string of the molecule is C[C@H]1CCCN(C(=O)NCCNc2ncc(Cl)cc2Cl)CC1. The molecule has 1 aliphatic rings. The number of nitrogens with zero attached hydrogens (tertiary/aromatic N) is 2. The number of urea groups is 1.